The molecular weight excluding hydrogens is 246 g/mol. The average molecular weight is 265 g/mol. The lowest BCUT2D eigenvalue weighted by Crippen LogP contribution is -2.48. The Hall–Kier alpha value is -2.12. The maximum absolute atomic E-state index is 11.4. The van der Waals surface area contributed by atoms with Crippen molar-refractivity contribution in [3.8, 4) is 0 Å². The molecule has 0 atom stereocenters. The Morgan fingerprint density at radius 3 is 2.68 bits per heavy atom. The van der Waals surface area contributed by atoms with Crippen LogP contribution in [0.1, 0.15) is 13.8 Å². The topological polar surface area (TPSA) is 100 Å². The van der Waals surface area contributed by atoms with Crippen LogP contribution in [-0.4, -0.2) is 53.6 Å². The van der Waals surface area contributed by atoms with Crippen LogP contribution < -0.4 is 20.9 Å². The summed E-state index contributed by atoms with van der Waals surface area (Å²) in [6.45, 7) is 7.15. The molecule has 1 fully saturated rings. The number of carbonyl (C=O) groups excluding carboxylic acids is 1. The third kappa shape index (κ3) is 3.01. The van der Waals surface area contributed by atoms with Gasteiger partial charge in [0.2, 0.25) is 23.8 Å². The predicted octanol–water partition coefficient (Wildman–Crippen LogP) is -0.764. The lowest BCUT2D eigenvalue weighted by atomic mass is 10.4. The number of piperazine rings is 1. The maximum Gasteiger partial charge on any atom is 0.239 e. The minimum Gasteiger partial charge on any atom is -0.368 e. The Bertz CT molecular complexity index is 460. The quantitative estimate of drug-likeness (QED) is 0.737. The molecule has 8 heteroatoms. The smallest absolute Gasteiger partial charge is 0.239 e. The fourth-order valence-electron chi connectivity index (χ4n) is 1.97. The van der Waals surface area contributed by atoms with Crippen LogP contribution in [0, 0.1) is 0 Å². The number of hydrogen-bond acceptors (Lipinski definition) is 7. The van der Waals surface area contributed by atoms with Gasteiger partial charge < -0.3 is 20.9 Å². The Kier molecular flexibility index (Phi) is 3.98. The Morgan fingerprint density at radius 2 is 2.05 bits per heavy atom. The van der Waals surface area contributed by atoms with Gasteiger partial charge in [-0.1, -0.05) is 0 Å². The SMILES string of the molecule is CCN(CC)c1nc(N)nc(N2CCNC(=O)C2)n1. The standard InChI is InChI=1S/C11H19N7O/c1-3-17(4-2)10-14-9(12)15-11(16-10)18-6-5-13-8(19)7-18/h3-7H2,1-2H3,(H,13,19)(H2,12,14,15,16). The van der Waals surface area contributed by atoms with Crippen molar-refractivity contribution in [2.75, 3.05) is 48.3 Å². The Labute approximate surface area is 112 Å². The first-order chi connectivity index (χ1) is 9.13. The summed E-state index contributed by atoms with van der Waals surface area (Å²) in [6.07, 6.45) is 0. The molecule has 0 aromatic carbocycles. The van der Waals surface area contributed by atoms with E-state index >= 15 is 0 Å². The molecule has 8 nitrogen and oxygen atoms in total. The highest BCUT2D eigenvalue weighted by Gasteiger charge is 2.20. The van der Waals surface area contributed by atoms with Gasteiger partial charge in [-0.2, -0.15) is 15.0 Å². The highest BCUT2D eigenvalue weighted by atomic mass is 16.2. The molecular formula is C11H19N7O. The molecule has 1 aliphatic rings. The van der Waals surface area contributed by atoms with Crippen LogP contribution in [0.15, 0.2) is 0 Å². The molecule has 1 aromatic rings. The molecule has 0 spiro atoms. The van der Waals surface area contributed by atoms with Crippen molar-refractivity contribution in [2.24, 2.45) is 0 Å². The third-order valence-electron chi connectivity index (χ3n) is 3.00. The van der Waals surface area contributed by atoms with Crippen molar-refractivity contribution in [1.82, 2.24) is 20.3 Å². The van der Waals surface area contributed by atoms with Gasteiger partial charge in [-0.25, -0.2) is 0 Å². The number of nitrogens with zero attached hydrogens (tertiary/aromatic N) is 5. The van der Waals surface area contributed by atoms with Crippen molar-refractivity contribution in [3.05, 3.63) is 0 Å². The molecule has 2 rings (SSSR count). The van der Waals surface area contributed by atoms with Crippen LogP contribution in [0.25, 0.3) is 0 Å². The minimum absolute atomic E-state index is 0.0328. The van der Waals surface area contributed by atoms with Gasteiger partial charge in [0.05, 0.1) is 6.54 Å². The largest absolute Gasteiger partial charge is 0.368 e. The van der Waals surface area contributed by atoms with E-state index in [0.717, 1.165) is 13.1 Å². The second kappa shape index (κ2) is 5.68. The highest BCUT2D eigenvalue weighted by Crippen LogP contribution is 2.15. The zero-order chi connectivity index (χ0) is 13.8. The van der Waals surface area contributed by atoms with E-state index in [1.807, 2.05) is 23.6 Å². The van der Waals surface area contributed by atoms with Gasteiger partial charge in [0.15, 0.2) is 0 Å². The van der Waals surface area contributed by atoms with E-state index in [-0.39, 0.29) is 18.4 Å². The van der Waals surface area contributed by atoms with Gasteiger partial charge in [-0.05, 0) is 13.8 Å². The number of nitrogens with two attached hydrogens (primary N) is 1. The van der Waals surface area contributed by atoms with Gasteiger partial charge in [0, 0.05) is 26.2 Å². The molecule has 0 unspecified atom stereocenters. The van der Waals surface area contributed by atoms with Crippen LogP contribution in [0.3, 0.4) is 0 Å². The van der Waals surface area contributed by atoms with E-state index in [9.17, 15) is 4.79 Å². The summed E-state index contributed by atoms with van der Waals surface area (Å²) in [4.78, 5) is 27.9. The highest BCUT2D eigenvalue weighted by molar-refractivity contribution is 5.82. The third-order valence-corrected chi connectivity index (χ3v) is 3.00. The fraction of sp³-hybridized carbons (Fsp3) is 0.636. The number of nitrogen functional groups attached to an aromatic ring is 1. The van der Waals surface area contributed by atoms with E-state index in [0.29, 0.717) is 25.0 Å². The Morgan fingerprint density at radius 1 is 1.32 bits per heavy atom. The Balaban J connectivity index is 2.27. The van der Waals surface area contributed by atoms with Gasteiger partial charge in [0.1, 0.15) is 0 Å². The average Bonchev–Trinajstić information content (AvgIpc) is 2.39. The molecule has 1 saturated heterocycles. The molecule has 2 heterocycles. The molecule has 0 saturated carbocycles. The van der Waals surface area contributed by atoms with Gasteiger partial charge in [-0.15, -0.1) is 0 Å². The van der Waals surface area contributed by atoms with Crippen LogP contribution in [0.4, 0.5) is 17.8 Å². The molecule has 1 aliphatic heterocycles. The molecule has 104 valence electrons. The summed E-state index contributed by atoms with van der Waals surface area (Å²) < 4.78 is 0. The van der Waals surface area contributed by atoms with E-state index in [4.69, 9.17) is 5.73 Å². The van der Waals surface area contributed by atoms with Gasteiger partial charge in [-0.3, -0.25) is 4.79 Å². The normalized spacial score (nSPS) is 15.3. The number of amides is 1. The van der Waals surface area contributed by atoms with Crippen molar-refractivity contribution < 1.29 is 4.79 Å². The number of hydrogen-bond donors (Lipinski definition) is 2. The lowest BCUT2D eigenvalue weighted by molar-refractivity contribution is -0.120. The van der Waals surface area contributed by atoms with Crippen molar-refractivity contribution in [3.63, 3.8) is 0 Å². The zero-order valence-corrected chi connectivity index (χ0v) is 11.3. The summed E-state index contributed by atoms with van der Waals surface area (Å²) in [7, 11) is 0. The predicted molar refractivity (Wildman–Crippen MR) is 73.0 cm³/mol. The first kappa shape index (κ1) is 13.3. The number of rotatable bonds is 4. The van der Waals surface area contributed by atoms with E-state index in [2.05, 4.69) is 20.3 Å². The molecule has 3 N–H and O–H groups in total. The van der Waals surface area contributed by atoms with Crippen LogP contribution >= 0.6 is 0 Å². The summed E-state index contributed by atoms with van der Waals surface area (Å²) in [5.74, 6) is 1.16. The van der Waals surface area contributed by atoms with Crippen LogP contribution in [0.5, 0.6) is 0 Å². The number of carbonyl (C=O) groups is 1. The van der Waals surface area contributed by atoms with Crippen molar-refractivity contribution in [2.45, 2.75) is 13.8 Å². The zero-order valence-electron chi connectivity index (χ0n) is 11.3. The minimum atomic E-state index is -0.0328. The molecule has 1 amide bonds. The molecule has 1 aromatic heterocycles. The molecule has 19 heavy (non-hydrogen) atoms. The second-order valence-electron chi connectivity index (χ2n) is 4.24. The van der Waals surface area contributed by atoms with Gasteiger partial charge >= 0.3 is 0 Å². The van der Waals surface area contributed by atoms with Crippen molar-refractivity contribution >= 4 is 23.8 Å². The maximum atomic E-state index is 11.4. The summed E-state index contributed by atoms with van der Waals surface area (Å²) >= 11 is 0. The van der Waals surface area contributed by atoms with Crippen LogP contribution in [-0.2, 0) is 4.79 Å². The summed E-state index contributed by atoms with van der Waals surface area (Å²) in [5.41, 5.74) is 5.73. The lowest BCUT2D eigenvalue weighted by Gasteiger charge is -2.27. The number of aromatic nitrogens is 3. The molecule has 0 bridgehead atoms. The van der Waals surface area contributed by atoms with E-state index in [1.54, 1.807) is 0 Å². The van der Waals surface area contributed by atoms with Crippen LogP contribution in [0.2, 0.25) is 0 Å². The number of anilines is 3. The number of nitrogens with one attached hydrogen (secondary N) is 1. The summed E-state index contributed by atoms with van der Waals surface area (Å²) in [6, 6.07) is 0. The van der Waals surface area contributed by atoms with E-state index < -0.39 is 0 Å². The fourth-order valence-corrected chi connectivity index (χ4v) is 1.97. The monoisotopic (exact) mass is 265 g/mol. The summed E-state index contributed by atoms with van der Waals surface area (Å²) in [5, 5.41) is 2.76. The van der Waals surface area contributed by atoms with Crippen molar-refractivity contribution in [1.29, 1.82) is 0 Å². The second-order valence-corrected chi connectivity index (χ2v) is 4.24. The first-order valence-electron chi connectivity index (χ1n) is 6.42. The van der Waals surface area contributed by atoms with Gasteiger partial charge in [0.25, 0.3) is 0 Å². The molecule has 0 radical (unpaired) electrons. The first-order valence-corrected chi connectivity index (χ1v) is 6.42. The molecule has 0 aliphatic carbocycles. The van der Waals surface area contributed by atoms with E-state index in [1.165, 1.54) is 0 Å².